The summed E-state index contributed by atoms with van der Waals surface area (Å²) in [6, 6.07) is 26.4. The maximum absolute atomic E-state index is 5.41. The van der Waals surface area contributed by atoms with Gasteiger partial charge in [0.15, 0.2) is 0 Å². The number of hydrogen-bond acceptors (Lipinski definition) is 4. The lowest BCUT2D eigenvalue weighted by molar-refractivity contribution is 0.415. The molecule has 0 spiro atoms. The molecule has 0 aliphatic heterocycles. The Morgan fingerprint density at radius 1 is 0.909 bits per heavy atom. The Labute approximate surface area is 197 Å². The summed E-state index contributed by atoms with van der Waals surface area (Å²) < 4.78 is 7.57. The van der Waals surface area contributed by atoms with Crippen LogP contribution < -0.4 is 10.1 Å². The van der Waals surface area contributed by atoms with E-state index in [1.807, 2.05) is 54.6 Å². The van der Waals surface area contributed by atoms with Crippen LogP contribution in [-0.4, -0.2) is 16.5 Å². The molecule has 0 unspecified atom stereocenters. The number of ether oxygens (including phenoxy) is 1. The van der Waals surface area contributed by atoms with Crippen LogP contribution in [0.2, 0.25) is 0 Å². The van der Waals surface area contributed by atoms with Gasteiger partial charge < -0.3 is 10.1 Å². The number of anilines is 2. The van der Waals surface area contributed by atoms with Gasteiger partial charge in [-0.1, -0.05) is 36.1 Å². The first-order valence-electron chi connectivity index (χ1n) is 10.7. The summed E-state index contributed by atoms with van der Waals surface area (Å²) in [7, 11) is 1.68. The first-order valence-corrected chi connectivity index (χ1v) is 11.5. The lowest BCUT2D eigenvalue weighted by Crippen LogP contribution is -2.00. The van der Waals surface area contributed by atoms with Gasteiger partial charge in [0, 0.05) is 23.0 Å². The van der Waals surface area contributed by atoms with Gasteiger partial charge in [-0.25, -0.2) is 4.98 Å². The Morgan fingerprint density at radius 3 is 2.58 bits per heavy atom. The zero-order chi connectivity index (χ0) is 22.8. The van der Waals surface area contributed by atoms with Gasteiger partial charge in [0.25, 0.3) is 0 Å². The van der Waals surface area contributed by atoms with Crippen molar-refractivity contribution < 1.29 is 4.74 Å². The van der Waals surface area contributed by atoms with E-state index in [0.29, 0.717) is 0 Å². The molecule has 0 fully saturated rings. The molecule has 3 aromatic heterocycles. The summed E-state index contributed by atoms with van der Waals surface area (Å²) in [5.74, 6) is 8.26. The minimum absolute atomic E-state index is 0.803. The molecule has 0 saturated heterocycles. The quantitative estimate of drug-likeness (QED) is 0.306. The number of thiophene rings is 1. The highest BCUT2D eigenvalue weighted by Crippen LogP contribution is 2.36. The number of hydrogen-bond donors (Lipinski definition) is 1. The number of rotatable bonds is 4. The topological polar surface area (TPSA) is 38.6 Å². The van der Waals surface area contributed by atoms with E-state index in [0.717, 1.165) is 49.6 Å². The Hall–Kier alpha value is -4.01. The van der Waals surface area contributed by atoms with Crippen molar-refractivity contribution in [2.24, 2.45) is 0 Å². The molecule has 0 saturated carbocycles. The molecular weight excluding hydrogens is 426 g/mol. The molecule has 5 rings (SSSR count). The summed E-state index contributed by atoms with van der Waals surface area (Å²) in [4.78, 5) is 7.08. The van der Waals surface area contributed by atoms with E-state index < -0.39 is 0 Å². The van der Waals surface area contributed by atoms with Crippen LogP contribution in [0.4, 0.5) is 11.5 Å². The molecule has 4 nitrogen and oxygen atoms in total. The SMILES string of the molecule is COc1cccc(Nc2c(-c3ccc(C#Cc4ccccc4)s3)nc3cc(C)cc(C)n23)c1. The molecule has 0 radical (unpaired) electrons. The predicted octanol–water partition coefficient (Wildman–Crippen LogP) is 6.83. The van der Waals surface area contributed by atoms with Crippen molar-refractivity contribution in [3.8, 4) is 28.2 Å². The van der Waals surface area contributed by atoms with Gasteiger partial charge in [-0.15, -0.1) is 11.3 Å². The van der Waals surface area contributed by atoms with Crippen LogP contribution in [0, 0.1) is 25.7 Å². The van der Waals surface area contributed by atoms with Gasteiger partial charge in [-0.3, -0.25) is 4.40 Å². The maximum Gasteiger partial charge on any atom is 0.144 e. The van der Waals surface area contributed by atoms with Crippen molar-refractivity contribution in [3.05, 3.63) is 101 Å². The lowest BCUT2D eigenvalue weighted by atomic mass is 10.2. The van der Waals surface area contributed by atoms with Crippen molar-refractivity contribution >= 4 is 28.5 Å². The zero-order valence-electron chi connectivity index (χ0n) is 18.7. The Morgan fingerprint density at radius 2 is 1.76 bits per heavy atom. The van der Waals surface area contributed by atoms with Crippen LogP contribution in [0.15, 0.2) is 78.9 Å². The molecule has 5 heteroatoms. The summed E-state index contributed by atoms with van der Waals surface area (Å²) in [5, 5.41) is 3.59. The number of pyridine rings is 1. The van der Waals surface area contributed by atoms with Crippen LogP contribution in [0.3, 0.4) is 0 Å². The molecule has 0 bridgehead atoms. The van der Waals surface area contributed by atoms with Crippen molar-refractivity contribution in [1.82, 2.24) is 9.38 Å². The summed E-state index contributed by atoms with van der Waals surface area (Å²) in [6.07, 6.45) is 0. The molecule has 0 aliphatic carbocycles. The fourth-order valence-electron chi connectivity index (χ4n) is 3.84. The molecule has 0 atom stereocenters. The molecule has 3 heterocycles. The standard InChI is InChI=1S/C28H23N3OS/c1-19-16-20(2)31-26(17-19)30-27(28(31)29-22-10-7-11-23(18-22)32-3)25-15-14-24(33-25)13-12-21-8-5-4-6-9-21/h4-11,14-18,29H,1-3H3. The third kappa shape index (κ3) is 4.34. The third-order valence-electron chi connectivity index (χ3n) is 5.33. The van der Waals surface area contributed by atoms with Gasteiger partial charge in [-0.05, 0) is 67.9 Å². The zero-order valence-corrected chi connectivity index (χ0v) is 19.5. The van der Waals surface area contributed by atoms with Gasteiger partial charge in [-0.2, -0.15) is 0 Å². The van der Waals surface area contributed by atoms with Crippen LogP contribution >= 0.6 is 11.3 Å². The summed E-state index contributed by atoms with van der Waals surface area (Å²) >= 11 is 1.65. The molecular formula is C28H23N3OS. The highest BCUT2D eigenvalue weighted by atomic mass is 32.1. The fraction of sp³-hybridized carbons (Fsp3) is 0.107. The molecule has 0 amide bonds. The van der Waals surface area contributed by atoms with Crippen molar-refractivity contribution in [1.29, 1.82) is 0 Å². The average molecular weight is 450 g/mol. The van der Waals surface area contributed by atoms with Gasteiger partial charge in [0.2, 0.25) is 0 Å². The highest BCUT2D eigenvalue weighted by molar-refractivity contribution is 7.16. The molecule has 33 heavy (non-hydrogen) atoms. The van der Waals surface area contributed by atoms with E-state index in [-0.39, 0.29) is 0 Å². The van der Waals surface area contributed by atoms with E-state index in [1.54, 1.807) is 18.4 Å². The van der Waals surface area contributed by atoms with E-state index in [9.17, 15) is 0 Å². The van der Waals surface area contributed by atoms with Crippen LogP contribution in [0.1, 0.15) is 21.7 Å². The predicted molar refractivity (Wildman–Crippen MR) is 137 cm³/mol. The minimum Gasteiger partial charge on any atom is -0.497 e. The fourth-order valence-corrected chi connectivity index (χ4v) is 4.69. The second kappa shape index (κ2) is 8.85. The lowest BCUT2D eigenvalue weighted by Gasteiger charge is -2.11. The second-order valence-corrected chi connectivity index (χ2v) is 8.90. The molecule has 2 aromatic carbocycles. The van der Waals surface area contributed by atoms with Crippen LogP contribution in [0.25, 0.3) is 16.2 Å². The number of fused-ring (bicyclic) bond motifs is 1. The summed E-state index contributed by atoms with van der Waals surface area (Å²) in [6.45, 7) is 4.20. The monoisotopic (exact) mass is 449 g/mol. The maximum atomic E-state index is 5.41. The molecule has 5 aromatic rings. The number of nitrogens with zero attached hydrogens (tertiary/aromatic N) is 2. The Balaban J connectivity index is 1.59. The molecule has 0 aliphatic rings. The highest BCUT2D eigenvalue weighted by Gasteiger charge is 2.18. The number of benzene rings is 2. The van der Waals surface area contributed by atoms with Gasteiger partial charge >= 0.3 is 0 Å². The van der Waals surface area contributed by atoms with Crippen molar-refractivity contribution in [3.63, 3.8) is 0 Å². The minimum atomic E-state index is 0.803. The second-order valence-electron chi connectivity index (χ2n) is 7.81. The van der Waals surface area contributed by atoms with E-state index in [4.69, 9.17) is 9.72 Å². The van der Waals surface area contributed by atoms with E-state index in [1.165, 1.54) is 5.56 Å². The number of aromatic nitrogens is 2. The molecule has 162 valence electrons. The number of aryl methyl sites for hydroxylation is 2. The largest absolute Gasteiger partial charge is 0.497 e. The van der Waals surface area contributed by atoms with Gasteiger partial charge in [0.05, 0.1) is 16.9 Å². The van der Waals surface area contributed by atoms with E-state index >= 15 is 0 Å². The Bertz CT molecular complexity index is 1500. The smallest absolute Gasteiger partial charge is 0.144 e. The van der Waals surface area contributed by atoms with Crippen molar-refractivity contribution in [2.45, 2.75) is 13.8 Å². The van der Waals surface area contributed by atoms with Gasteiger partial charge in [0.1, 0.15) is 22.9 Å². The van der Waals surface area contributed by atoms with Crippen LogP contribution in [-0.2, 0) is 0 Å². The van der Waals surface area contributed by atoms with Crippen LogP contribution in [0.5, 0.6) is 5.75 Å². The first kappa shape index (κ1) is 20.9. The Kier molecular flexibility index (Phi) is 5.60. The number of imidazole rings is 1. The normalized spacial score (nSPS) is 10.6. The summed E-state index contributed by atoms with van der Waals surface area (Å²) in [5.41, 5.74) is 6.08. The number of nitrogens with one attached hydrogen (secondary N) is 1. The average Bonchev–Trinajstić information content (AvgIpc) is 3.43. The third-order valence-corrected chi connectivity index (χ3v) is 6.33. The van der Waals surface area contributed by atoms with Crippen molar-refractivity contribution in [2.75, 3.05) is 12.4 Å². The molecule has 1 N–H and O–H groups in total. The first-order chi connectivity index (χ1) is 16.1. The van der Waals surface area contributed by atoms with E-state index in [2.05, 4.69) is 59.7 Å². The number of methoxy groups -OCH3 is 1.